The van der Waals surface area contributed by atoms with Crippen LogP contribution in [0.5, 0.6) is 0 Å². The molecular formula is C9H16. The fraction of sp³-hybridized carbons (Fsp3) is 1.00. The van der Waals surface area contributed by atoms with Crippen molar-refractivity contribution in [3.05, 3.63) is 0 Å². The molecule has 0 aromatic carbocycles. The lowest BCUT2D eigenvalue weighted by Gasteiger charge is -2.42. The van der Waals surface area contributed by atoms with Crippen LogP contribution < -0.4 is 0 Å². The summed E-state index contributed by atoms with van der Waals surface area (Å²) in [5.74, 6) is 4.51. The van der Waals surface area contributed by atoms with Gasteiger partial charge in [-0.1, -0.05) is 20.3 Å². The molecule has 3 unspecified atom stereocenters. The minimum atomic E-state index is 1.09. The van der Waals surface area contributed by atoms with Gasteiger partial charge in [-0.25, -0.2) is 0 Å². The van der Waals surface area contributed by atoms with E-state index in [1.54, 1.807) is 12.8 Å². The maximum atomic E-state index is 2.44. The fourth-order valence-electron chi connectivity index (χ4n) is 3.21. The third-order valence-electron chi connectivity index (χ3n) is 3.76. The lowest BCUT2D eigenvalue weighted by atomic mass is 9.63. The molecule has 4 atom stereocenters. The maximum absolute atomic E-state index is 2.44. The summed E-state index contributed by atoms with van der Waals surface area (Å²) < 4.78 is 0. The normalized spacial score (nSPS) is 55.3. The molecule has 3 aliphatic rings. The van der Waals surface area contributed by atoms with Gasteiger partial charge in [0.15, 0.2) is 0 Å². The minimum absolute atomic E-state index is 1.09. The summed E-state index contributed by atoms with van der Waals surface area (Å²) in [6, 6.07) is 0. The topological polar surface area (TPSA) is 0 Å². The monoisotopic (exact) mass is 124 g/mol. The SMILES string of the molecule is CCC1C2CC[C@H]1C2C. The Kier molecular flexibility index (Phi) is 1.12. The van der Waals surface area contributed by atoms with Crippen LogP contribution in [0.25, 0.3) is 0 Å². The molecule has 52 valence electrons. The Hall–Kier alpha value is 0. The first-order valence-corrected chi connectivity index (χ1v) is 4.34. The Morgan fingerprint density at radius 1 is 1.22 bits per heavy atom. The second-order valence-electron chi connectivity index (χ2n) is 3.84. The smallest absolute Gasteiger partial charge is 0.0355 e. The number of hydrogen-bond acceptors (Lipinski definition) is 0. The molecule has 0 aromatic rings. The van der Waals surface area contributed by atoms with Crippen LogP contribution in [0.2, 0.25) is 0 Å². The Labute approximate surface area is 57.6 Å². The zero-order valence-electron chi connectivity index (χ0n) is 6.43. The van der Waals surface area contributed by atoms with E-state index in [1.807, 2.05) is 0 Å². The van der Waals surface area contributed by atoms with E-state index in [1.165, 1.54) is 6.42 Å². The first-order valence-electron chi connectivity index (χ1n) is 4.34. The summed E-state index contributed by atoms with van der Waals surface area (Å²) in [4.78, 5) is 0. The standard InChI is InChI=1S/C9H16/c1-3-7-8-4-5-9(7)6(8)2/h6-9H,3-5H2,1-2H3/t6?,7?,8-,9?/m0/s1. The fourth-order valence-corrected chi connectivity index (χ4v) is 3.21. The van der Waals surface area contributed by atoms with Gasteiger partial charge in [0.05, 0.1) is 0 Å². The first kappa shape index (κ1) is 5.76. The number of fused-ring (bicyclic) bond motifs is 1. The van der Waals surface area contributed by atoms with Crippen molar-refractivity contribution in [1.82, 2.24) is 0 Å². The molecule has 3 saturated carbocycles. The summed E-state index contributed by atoms with van der Waals surface area (Å²) >= 11 is 0. The van der Waals surface area contributed by atoms with Crippen LogP contribution in [0.3, 0.4) is 0 Å². The largest absolute Gasteiger partial charge is 0.0651 e. The molecule has 0 saturated heterocycles. The van der Waals surface area contributed by atoms with Gasteiger partial charge in [0.2, 0.25) is 0 Å². The van der Waals surface area contributed by atoms with E-state index < -0.39 is 0 Å². The van der Waals surface area contributed by atoms with Crippen LogP contribution in [-0.4, -0.2) is 0 Å². The lowest BCUT2D eigenvalue weighted by Crippen LogP contribution is -2.36. The van der Waals surface area contributed by atoms with Crippen molar-refractivity contribution in [3.8, 4) is 0 Å². The van der Waals surface area contributed by atoms with Gasteiger partial charge in [-0.2, -0.15) is 0 Å². The third-order valence-corrected chi connectivity index (χ3v) is 3.76. The molecule has 9 heavy (non-hydrogen) atoms. The molecule has 3 fully saturated rings. The van der Waals surface area contributed by atoms with E-state index in [-0.39, 0.29) is 0 Å². The second-order valence-corrected chi connectivity index (χ2v) is 3.84. The van der Waals surface area contributed by atoms with Gasteiger partial charge in [0.1, 0.15) is 0 Å². The van der Waals surface area contributed by atoms with E-state index in [0.717, 1.165) is 23.7 Å². The zero-order chi connectivity index (χ0) is 6.43. The van der Waals surface area contributed by atoms with Crippen LogP contribution >= 0.6 is 0 Å². The summed E-state index contributed by atoms with van der Waals surface area (Å²) in [6.45, 7) is 4.79. The maximum Gasteiger partial charge on any atom is -0.0355 e. The van der Waals surface area contributed by atoms with Crippen molar-refractivity contribution in [2.75, 3.05) is 0 Å². The number of rotatable bonds is 1. The van der Waals surface area contributed by atoms with Crippen molar-refractivity contribution < 1.29 is 0 Å². The first-order chi connectivity index (χ1) is 4.34. The highest BCUT2D eigenvalue weighted by molar-refractivity contribution is 5.00. The Bertz CT molecular complexity index is 105. The van der Waals surface area contributed by atoms with E-state index in [2.05, 4.69) is 13.8 Å². The highest BCUT2D eigenvalue weighted by Gasteiger charge is 2.51. The van der Waals surface area contributed by atoms with Crippen molar-refractivity contribution in [2.24, 2.45) is 23.7 Å². The van der Waals surface area contributed by atoms with Gasteiger partial charge in [0, 0.05) is 0 Å². The predicted molar refractivity (Wildman–Crippen MR) is 39.2 cm³/mol. The highest BCUT2D eigenvalue weighted by Crippen LogP contribution is 2.58. The molecule has 2 bridgehead atoms. The van der Waals surface area contributed by atoms with E-state index in [0.29, 0.717) is 0 Å². The average Bonchev–Trinajstić information content (AvgIpc) is 2.41. The summed E-state index contributed by atoms with van der Waals surface area (Å²) in [7, 11) is 0. The van der Waals surface area contributed by atoms with Crippen molar-refractivity contribution >= 4 is 0 Å². The van der Waals surface area contributed by atoms with Gasteiger partial charge in [0.25, 0.3) is 0 Å². The van der Waals surface area contributed by atoms with Crippen molar-refractivity contribution in [3.63, 3.8) is 0 Å². The molecule has 3 rings (SSSR count). The van der Waals surface area contributed by atoms with Crippen LogP contribution in [0, 0.1) is 23.7 Å². The summed E-state index contributed by atoms with van der Waals surface area (Å²) in [5, 5.41) is 0. The van der Waals surface area contributed by atoms with Crippen LogP contribution in [0.1, 0.15) is 33.1 Å². The van der Waals surface area contributed by atoms with Crippen LogP contribution in [-0.2, 0) is 0 Å². The van der Waals surface area contributed by atoms with Gasteiger partial charge >= 0.3 is 0 Å². The van der Waals surface area contributed by atoms with Crippen LogP contribution in [0.4, 0.5) is 0 Å². The molecule has 0 amide bonds. The molecule has 0 aliphatic heterocycles. The molecule has 0 nitrogen and oxygen atoms in total. The molecule has 0 N–H and O–H groups in total. The Balaban J connectivity index is 2.05. The molecule has 3 aliphatic carbocycles. The summed E-state index contributed by atoms with van der Waals surface area (Å²) in [6.07, 6.45) is 4.54. The highest BCUT2D eigenvalue weighted by atomic mass is 14.6. The van der Waals surface area contributed by atoms with E-state index in [4.69, 9.17) is 0 Å². The van der Waals surface area contributed by atoms with Crippen molar-refractivity contribution in [1.29, 1.82) is 0 Å². The van der Waals surface area contributed by atoms with Gasteiger partial charge < -0.3 is 0 Å². The van der Waals surface area contributed by atoms with E-state index >= 15 is 0 Å². The predicted octanol–water partition coefficient (Wildman–Crippen LogP) is 2.69. The summed E-state index contributed by atoms with van der Waals surface area (Å²) in [5.41, 5.74) is 0. The minimum Gasteiger partial charge on any atom is -0.0651 e. The molecule has 0 heteroatoms. The third kappa shape index (κ3) is 0.544. The quantitative estimate of drug-likeness (QED) is 0.504. The average molecular weight is 124 g/mol. The molecule has 0 aromatic heterocycles. The van der Waals surface area contributed by atoms with Gasteiger partial charge in [-0.05, 0) is 36.5 Å². The van der Waals surface area contributed by atoms with Gasteiger partial charge in [-0.3, -0.25) is 0 Å². The Morgan fingerprint density at radius 3 is 2.00 bits per heavy atom. The van der Waals surface area contributed by atoms with E-state index in [9.17, 15) is 0 Å². The lowest BCUT2D eigenvalue weighted by molar-refractivity contribution is 0.0618. The molecule has 0 radical (unpaired) electrons. The second kappa shape index (κ2) is 1.74. The van der Waals surface area contributed by atoms with Crippen molar-refractivity contribution in [2.45, 2.75) is 33.1 Å². The van der Waals surface area contributed by atoms with Gasteiger partial charge in [-0.15, -0.1) is 0 Å². The Morgan fingerprint density at radius 2 is 1.78 bits per heavy atom. The number of hydrogen-bond donors (Lipinski definition) is 0. The molecule has 0 spiro atoms. The van der Waals surface area contributed by atoms with Crippen LogP contribution in [0.15, 0.2) is 0 Å². The molecule has 0 heterocycles. The molecular weight excluding hydrogens is 108 g/mol. The zero-order valence-corrected chi connectivity index (χ0v) is 6.43.